The number of nitrogens with two attached hydrogens (primary N) is 1. The summed E-state index contributed by atoms with van der Waals surface area (Å²) in [5.74, 6) is 5.16. The summed E-state index contributed by atoms with van der Waals surface area (Å²) in [5, 5.41) is 10.5. The fourth-order valence-electron chi connectivity index (χ4n) is 2.87. The first-order chi connectivity index (χ1) is 14.4. The molecule has 4 rings (SSSR count). The SMILES string of the molecule is Cc1cnc(C(O)C#Cc2cccc(-c3nc(C(N)=O)c4ccc(F)cc4n3)c2)o1. The van der Waals surface area contributed by atoms with Crippen molar-refractivity contribution in [2.24, 2.45) is 5.73 Å². The molecule has 2 aromatic heterocycles. The Balaban J connectivity index is 1.73. The highest BCUT2D eigenvalue weighted by Crippen LogP contribution is 2.23. The third-order valence-corrected chi connectivity index (χ3v) is 4.24. The summed E-state index contributed by atoms with van der Waals surface area (Å²) in [7, 11) is 0. The number of aryl methyl sites for hydroxylation is 1. The van der Waals surface area contributed by atoms with Crippen LogP contribution in [0, 0.1) is 24.6 Å². The minimum Gasteiger partial charge on any atom is -0.442 e. The molecule has 0 aliphatic rings. The molecule has 0 spiro atoms. The van der Waals surface area contributed by atoms with Crippen molar-refractivity contribution in [3.8, 4) is 23.2 Å². The molecule has 7 nitrogen and oxygen atoms in total. The first-order valence-electron chi connectivity index (χ1n) is 8.90. The molecule has 4 aromatic rings. The Kier molecular flexibility index (Phi) is 4.96. The van der Waals surface area contributed by atoms with Gasteiger partial charge in [-0.15, -0.1) is 0 Å². The molecule has 8 heteroatoms. The highest BCUT2D eigenvalue weighted by atomic mass is 19.1. The fourth-order valence-corrected chi connectivity index (χ4v) is 2.87. The van der Waals surface area contributed by atoms with Crippen molar-refractivity contribution in [1.29, 1.82) is 0 Å². The molecule has 0 aliphatic carbocycles. The van der Waals surface area contributed by atoms with Crippen molar-refractivity contribution in [2.75, 3.05) is 0 Å². The predicted molar refractivity (Wildman–Crippen MR) is 107 cm³/mol. The molecule has 0 fully saturated rings. The number of carbonyl (C=O) groups is 1. The van der Waals surface area contributed by atoms with Gasteiger partial charge in [0.05, 0.1) is 11.7 Å². The van der Waals surface area contributed by atoms with Gasteiger partial charge in [0.15, 0.2) is 11.9 Å². The van der Waals surface area contributed by atoms with Gasteiger partial charge in [-0.05, 0) is 31.2 Å². The van der Waals surface area contributed by atoms with Crippen LogP contribution in [0.2, 0.25) is 0 Å². The molecule has 2 heterocycles. The molecular weight excluding hydrogens is 387 g/mol. The van der Waals surface area contributed by atoms with E-state index in [-0.39, 0.29) is 22.9 Å². The van der Waals surface area contributed by atoms with Crippen LogP contribution >= 0.6 is 0 Å². The zero-order valence-corrected chi connectivity index (χ0v) is 15.8. The fraction of sp³-hybridized carbons (Fsp3) is 0.0909. The maximum Gasteiger partial charge on any atom is 0.268 e. The summed E-state index contributed by atoms with van der Waals surface area (Å²) < 4.78 is 18.9. The number of primary amides is 1. The number of rotatable bonds is 3. The van der Waals surface area contributed by atoms with Crippen molar-refractivity contribution in [1.82, 2.24) is 15.0 Å². The van der Waals surface area contributed by atoms with E-state index in [1.165, 1.54) is 24.4 Å². The second-order valence-electron chi connectivity index (χ2n) is 6.48. The van der Waals surface area contributed by atoms with Gasteiger partial charge in [-0.1, -0.05) is 24.0 Å². The maximum absolute atomic E-state index is 13.7. The second-order valence-corrected chi connectivity index (χ2v) is 6.48. The Labute approximate surface area is 170 Å². The lowest BCUT2D eigenvalue weighted by atomic mass is 10.1. The Morgan fingerprint density at radius 3 is 2.80 bits per heavy atom. The summed E-state index contributed by atoms with van der Waals surface area (Å²) in [6.07, 6.45) is 0.320. The van der Waals surface area contributed by atoms with E-state index in [0.29, 0.717) is 22.3 Å². The van der Waals surface area contributed by atoms with Gasteiger partial charge in [-0.3, -0.25) is 4.79 Å². The maximum atomic E-state index is 13.7. The summed E-state index contributed by atoms with van der Waals surface area (Å²) in [6.45, 7) is 1.72. The minimum atomic E-state index is -1.18. The third-order valence-electron chi connectivity index (χ3n) is 4.24. The van der Waals surface area contributed by atoms with Gasteiger partial charge in [0.1, 0.15) is 17.3 Å². The number of aliphatic hydroxyl groups is 1. The zero-order valence-electron chi connectivity index (χ0n) is 15.8. The summed E-state index contributed by atoms with van der Waals surface area (Å²) >= 11 is 0. The van der Waals surface area contributed by atoms with Crippen LogP contribution < -0.4 is 5.73 Å². The van der Waals surface area contributed by atoms with Gasteiger partial charge < -0.3 is 15.3 Å². The average Bonchev–Trinajstić information content (AvgIpc) is 3.17. The number of aromatic nitrogens is 3. The van der Waals surface area contributed by atoms with Crippen molar-refractivity contribution in [3.05, 3.63) is 77.4 Å². The molecule has 1 atom stereocenters. The Morgan fingerprint density at radius 1 is 1.23 bits per heavy atom. The molecule has 0 radical (unpaired) electrons. The first kappa shape index (κ1) is 19.2. The van der Waals surface area contributed by atoms with Gasteiger partial charge in [-0.2, -0.15) is 0 Å². The van der Waals surface area contributed by atoms with Gasteiger partial charge in [0.2, 0.25) is 5.89 Å². The number of hydrogen-bond acceptors (Lipinski definition) is 6. The van der Waals surface area contributed by atoms with Crippen LogP contribution in [0.25, 0.3) is 22.3 Å². The summed E-state index contributed by atoms with van der Waals surface area (Å²) in [5.41, 5.74) is 6.83. The number of halogens is 1. The van der Waals surface area contributed by atoms with Crippen LogP contribution in [0.5, 0.6) is 0 Å². The van der Waals surface area contributed by atoms with Gasteiger partial charge in [-0.25, -0.2) is 19.3 Å². The number of amides is 1. The topological polar surface area (TPSA) is 115 Å². The smallest absolute Gasteiger partial charge is 0.268 e. The van der Waals surface area contributed by atoms with E-state index >= 15 is 0 Å². The molecule has 2 aromatic carbocycles. The number of carbonyl (C=O) groups excluding carboxylic acids is 1. The predicted octanol–water partition coefficient (Wildman–Crippen LogP) is 2.92. The molecule has 148 valence electrons. The van der Waals surface area contributed by atoms with E-state index < -0.39 is 17.8 Å². The zero-order chi connectivity index (χ0) is 21.3. The van der Waals surface area contributed by atoms with Gasteiger partial charge in [0, 0.05) is 22.6 Å². The van der Waals surface area contributed by atoms with Crippen molar-refractivity contribution >= 4 is 16.8 Å². The molecule has 0 bridgehead atoms. The monoisotopic (exact) mass is 402 g/mol. The first-order valence-corrected chi connectivity index (χ1v) is 8.90. The molecule has 1 unspecified atom stereocenters. The standard InChI is InChI=1S/C22H15FN4O3/c1-12-11-25-22(30-12)18(28)8-5-13-3-2-4-14(9-13)21-26-17-10-15(23)6-7-16(17)19(27-21)20(24)29/h2-4,6-7,9-11,18,28H,1H3,(H2,24,29). The summed E-state index contributed by atoms with van der Waals surface area (Å²) in [4.78, 5) is 24.4. The van der Waals surface area contributed by atoms with Crippen molar-refractivity contribution in [2.45, 2.75) is 13.0 Å². The van der Waals surface area contributed by atoms with E-state index in [4.69, 9.17) is 10.2 Å². The van der Waals surface area contributed by atoms with Crippen LogP contribution in [0.1, 0.15) is 33.8 Å². The van der Waals surface area contributed by atoms with Gasteiger partial charge in [0.25, 0.3) is 5.91 Å². The minimum absolute atomic E-state index is 0.00109. The Hall–Kier alpha value is -4.09. The quantitative estimate of drug-likeness (QED) is 0.509. The number of nitrogens with zero attached hydrogens (tertiary/aromatic N) is 3. The number of fused-ring (bicyclic) bond motifs is 1. The number of benzene rings is 2. The second kappa shape index (κ2) is 7.73. The van der Waals surface area contributed by atoms with Crippen molar-refractivity contribution < 1.29 is 18.7 Å². The molecule has 30 heavy (non-hydrogen) atoms. The molecule has 0 aliphatic heterocycles. The van der Waals surface area contributed by atoms with Crippen LogP contribution in [0.4, 0.5) is 4.39 Å². The number of hydrogen-bond donors (Lipinski definition) is 2. The lowest BCUT2D eigenvalue weighted by molar-refractivity contribution is 0.0997. The van der Waals surface area contributed by atoms with Crippen LogP contribution in [0.3, 0.4) is 0 Å². The molecule has 1 amide bonds. The normalized spacial score (nSPS) is 11.7. The molecular formula is C22H15FN4O3. The average molecular weight is 402 g/mol. The highest BCUT2D eigenvalue weighted by Gasteiger charge is 2.14. The number of aliphatic hydroxyl groups excluding tert-OH is 1. The van der Waals surface area contributed by atoms with Crippen molar-refractivity contribution in [3.63, 3.8) is 0 Å². The van der Waals surface area contributed by atoms with Crippen LogP contribution in [0.15, 0.2) is 53.1 Å². The molecule has 3 N–H and O–H groups in total. The van der Waals surface area contributed by atoms with Crippen LogP contribution in [-0.2, 0) is 0 Å². The lowest BCUT2D eigenvalue weighted by Gasteiger charge is -2.07. The van der Waals surface area contributed by atoms with E-state index in [1.54, 1.807) is 31.2 Å². The van der Waals surface area contributed by atoms with E-state index in [0.717, 1.165) is 0 Å². The molecule has 0 saturated heterocycles. The Bertz CT molecular complexity index is 1340. The largest absolute Gasteiger partial charge is 0.442 e. The van der Waals surface area contributed by atoms with E-state index in [9.17, 15) is 14.3 Å². The number of oxazole rings is 1. The van der Waals surface area contributed by atoms with Crippen LogP contribution in [-0.4, -0.2) is 26.0 Å². The third kappa shape index (κ3) is 3.87. The van der Waals surface area contributed by atoms with E-state index in [1.807, 2.05) is 0 Å². The molecule has 0 saturated carbocycles. The van der Waals surface area contributed by atoms with E-state index in [2.05, 4.69) is 26.8 Å². The lowest BCUT2D eigenvalue weighted by Crippen LogP contribution is -2.15. The summed E-state index contributed by atoms with van der Waals surface area (Å²) in [6, 6.07) is 10.7. The Morgan fingerprint density at radius 2 is 2.07 bits per heavy atom. The van der Waals surface area contributed by atoms with Gasteiger partial charge >= 0.3 is 0 Å². The highest BCUT2D eigenvalue weighted by molar-refractivity contribution is 6.04.